The zero-order valence-corrected chi connectivity index (χ0v) is 10.8. The molecule has 3 nitrogen and oxygen atoms in total. The monoisotopic (exact) mass is 258 g/mol. The average Bonchev–Trinajstić information content (AvgIpc) is 2.36. The van der Waals surface area contributed by atoms with Crippen LogP contribution < -0.4 is 4.74 Å². The fourth-order valence-electron chi connectivity index (χ4n) is 1.50. The molecule has 2 rings (SSSR count). The van der Waals surface area contributed by atoms with Gasteiger partial charge in [-0.1, -0.05) is 23.7 Å². The number of nitrogens with zero attached hydrogens (tertiary/aromatic N) is 2. The molecule has 0 aliphatic heterocycles. The summed E-state index contributed by atoms with van der Waals surface area (Å²) in [4.78, 5) is 4.05. The predicted molar refractivity (Wildman–Crippen MR) is 70.0 cm³/mol. The Morgan fingerprint density at radius 1 is 1.28 bits per heavy atom. The molecular formula is C14H11ClN2O. The number of ether oxygens (including phenoxy) is 1. The maximum absolute atomic E-state index is 8.89. The summed E-state index contributed by atoms with van der Waals surface area (Å²) in [6.07, 6.45) is 1.50. The van der Waals surface area contributed by atoms with Crippen LogP contribution in [-0.2, 0) is 0 Å². The Bertz CT molecular complexity index is 632. The van der Waals surface area contributed by atoms with E-state index in [1.807, 2.05) is 38.1 Å². The van der Waals surface area contributed by atoms with Crippen LogP contribution in [0.1, 0.15) is 16.7 Å². The van der Waals surface area contributed by atoms with Crippen molar-refractivity contribution < 1.29 is 4.74 Å². The van der Waals surface area contributed by atoms with Gasteiger partial charge in [-0.2, -0.15) is 5.26 Å². The number of hydrogen-bond acceptors (Lipinski definition) is 3. The van der Waals surface area contributed by atoms with Gasteiger partial charge in [0.25, 0.3) is 0 Å². The normalized spacial score (nSPS) is 9.89. The van der Waals surface area contributed by atoms with Crippen LogP contribution in [0, 0.1) is 25.2 Å². The number of hydrogen-bond donors (Lipinski definition) is 0. The fourth-order valence-corrected chi connectivity index (χ4v) is 1.70. The third-order valence-corrected chi connectivity index (χ3v) is 2.89. The maximum Gasteiger partial charge on any atom is 0.239 e. The Morgan fingerprint density at radius 2 is 2.06 bits per heavy atom. The van der Waals surface area contributed by atoms with Gasteiger partial charge in [0.1, 0.15) is 16.8 Å². The molecule has 18 heavy (non-hydrogen) atoms. The average molecular weight is 259 g/mol. The molecule has 0 unspecified atom stereocenters. The number of benzene rings is 1. The highest BCUT2D eigenvalue weighted by Gasteiger charge is 2.10. The zero-order valence-electron chi connectivity index (χ0n) is 10.1. The van der Waals surface area contributed by atoms with Gasteiger partial charge in [0.15, 0.2) is 0 Å². The van der Waals surface area contributed by atoms with Crippen molar-refractivity contribution in [1.82, 2.24) is 4.98 Å². The summed E-state index contributed by atoms with van der Waals surface area (Å²) in [5, 5.41) is 9.13. The van der Waals surface area contributed by atoms with Crippen molar-refractivity contribution in [2.24, 2.45) is 0 Å². The van der Waals surface area contributed by atoms with Gasteiger partial charge in [-0.3, -0.25) is 0 Å². The van der Waals surface area contributed by atoms with Gasteiger partial charge in [-0.15, -0.1) is 0 Å². The van der Waals surface area contributed by atoms with E-state index in [9.17, 15) is 0 Å². The topological polar surface area (TPSA) is 45.9 Å². The first kappa shape index (κ1) is 12.4. The van der Waals surface area contributed by atoms with E-state index < -0.39 is 0 Å². The smallest absolute Gasteiger partial charge is 0.239 e. The van der Waals surface area contributed by atoms with Crippen LogP contribution in [0.3, 0.4) is 0 Å². The van der Waals surface area contributed by atoms with Gasteiger partial charge in [0.2, 0.25) is 5.88 Å². The lowest BCUT2D eigenvalue weighted by Crippen LogP contribution is -1.93. The van der Waals surface area contributed by atoms with Gasteiger partial charge in [-0.05, 0) is 37.1 Å². The van der Waals surface area contributed by atoms with Gasteiger partial charge < -0.3 is 4.74 Å². The van der Waals surface area contributed by atoms with Gasteiger partial charge in [-0.25, -0.2) is 4.98 Å². The van der Waals surface area contributed by atoms with Gasteiger partial charge in [0.05, 0.1) is 5.56 Å². The van der Waals surface area contributed by atoms with E-state index in [1.54, 1.807) is 6.07 Å². The van der Waals surface area contributed by atoms with Crippen LogP contribution in [0.5, 0.6) is 11.6 Å². The molecule has 0 radical (unpaired) electrons. The second kappa shape index (κ2) is 5.07. The summed E-state index contributed by atoms with van der Waals surface area (Å²) < 4.78 is 5.67. The summed E-state index contributed by atoms with van der Waals surface area (Å²) in [6.45, 7) is 3.92. The van der Waals surface area contributed by atoms with Gasteiger partial charge >= 0.3 is 0 Å². The molecule has 1 aromatic carbocycles. The SMILES string of the molecule is Cc1ccc(C)c(Oc2nccc(C#N)c2Cl)c1. The van der Waals surface area contributed by atoms with E-state index in [4.69, 9.17) is 21.6 Å². The Morgan fingerprint density at radius 3 is 2.78 bits per heavy atom. The molecule has 90 valence electrons. The van der Waals surface area contributed by atoms with Crippen LogP contribution >= 0.6 is 11.6 Å². The van der Waals surface area contributed by atoms with Crippen molar-refractivity contribution in [2.45, 2.75) is 13.8 Å². The second-order valence-electron chi connectivity index (χ2n) is 3.96. The molecule has 1 heterocycles. The maximum atomic E-state index is 8.89. The van der Waals surface area contributed by atoms with Crippen LogP contribution in [-0.4, -0.2) is 4.98 Å². The summed E-state index contributed by atoms with van der Waals surface area (Å²) in [5.41, 5.74) is 2.43. The Balaban J connectivity index is 2.41. The molecule has 0 atom stereocenters. The van der Waals surface area contributed by atoms with E-state index in [1.165, 1.54) is 6.20 Å². The number of nitriles is 1. The first-order valence-corrected chi connectivity index (χ1v) is 5.79. The van der Waals surface area contributed by atoms with E-state index in [0.29, 0.717) is 11.3 Å². The number of halogens is 1. The van der Waals surface area contributed by atoms with Crippen molar-refractivity contribution >= 4 is 11.6 Å². The third-order valence-electron chi connectivity index (χ3n) is 2.53. The standard InChI is InChI=1S/C14H11ClN2O/c1-9-3-4-10(2)12(7-9)18-14-13(15)11(8-16)5-6-17-14/h3-7H,1-2H3. The minimum atomic E-state index is 0.237. The van der Waals surface area contributed by atoms with E-state index in [-0.39, 0.29) is 10.9 Å². The highest BCUT2D eigenvalue weighted by Crippen LogP contribution is 2.31. The molecule has 0 saturated carbocycles. The minimum Gasteiger partial charge on any atom is -0.437 e. The van der Waals surface area contributed by atoms with Crippen molar-refractivity contribution in [3.63, 3.8) is 0 Å². The largest absolute Gasteiger partial charge is 0.437 e. The second-order valence-corrected chi connectivity index (χ2v) is 4.34. The molecular weight excluding hydrogens is 248 g/mol. The highest BCUT2D eigenvalue weighted by molar-refractivity contribution is 6.33. The van der Waals surface area contributed by atoms with E-state index in [0.717, 1.165) is 11.1 Å². The molecule has 0 amide bonds. The van der Waals surface area contributed by atoms with Crippen molar-refractivity contribution in [3.05, 3.63) is 52.2 Å². The molecule has 0 N–H and O–H groups in total. The molecule has 4 heteroatoms. The summed E-state index contributed by atoms with van der Waals surface area (Å²) in [7, 11) is 0. The number of aromatic nitrogens is 1. The Hall–Kier alpha value is -2.05. The number of rotatable bonds is 2. The first-order chi connectivity index (χ1) is 8.61. The first-order valence-electron chi connectivity index (χ1n) is 5.41. The summed E-state index contributed by atoms with van der Waals surface area (Å²) >= 11 is 6.04. The molecule has 0 bridgehead atoms. The van der Waals surface area contributed by atoms with Crippen LogP contribution in [0.4, 0.5) is 0 Å². The Labute approximate surface area is 111 Å². The lowest BCUT2D eigenvalue weighted by Gasteiger charge is -2.10. The predicted octanol–water partition coefficient (Wildman–Crippen LogP) is 4.02. The molecule has 0 spiro atoms. The number of aryl methyl sites for hydroxylation is 2. The lowest BCUT2D eigenvalue weighted by atomic mass is 10.1. The Kier molecular flexibility index (Phi) is 3.50. The summed E-state index contributed by atoms with van der Waals surface area (Å²) in [6, 6.07) is 9.43. The molecule has 0 aliphatic rings. The lowest BCUT2D eigenvalue weighted by molar-refractivity contribution is 0.459. The zero-order chi connectivity index (χ0) is 13.1. The number of pyridine rings is 1. The molecule has 1 aromatic heterocycles. The molecule has 0 fully saturated rings. The third kappa shape index (κ3) is 2.44. The van der Waals surface area contributed by atoms with Crippen LogP contribution in [0.2, 0.25) is 5.02 Å². The quantitative estimate of drug-likeness (QED) is 0.817. The molecule has 0 aliphatic carbocycles. The van der Waals surface area contributed by atoms with Crippen LogP contribution in [0.25, 0.3) is 0 Å². The van der Waals surface area contributed by atoms with Crippen molar-refractivity contribution in [3.8, 4) is 17.7 Å². The molecule has 2 aromatic rings. The van der Waals surface area contributed by atoms with Gasteiger partial charge in [0, 0.05) is 6.20 Å². The fraction of sp³-hybridized carbons (Fsp3) is 0.143. The minimum absolute atomic E-state index is 0.237. The highest BCUT2D eigenvalue weighted by atomic mass is 35.5. The summed E-state index contributed by atoms with van der Waals surface area (Å²) in [5.74, 6) is 0.948. The van der Waals surface area contributed by atoms with Crippen molar-refractivity contribution in [1.29, 1.82) is 5.26 Å². The van der Waals surface area contributed by atoms with Crippen molar-refractivity contribution in [2.75, 3.05) is 0 Å². The molecule has 0 saturated heterocycles. The van der Waals surface area contributed by atoms with E-state index in [2.05, 4.69) is 4.98 Å². The van der Waals surface area contributed by atoms with Crippen LogP contribution in [0.15, 0.2) is 30.5 Å². The van der Waals surface area contributed by atoms with E-state index >= 15 is 0 Å².